The molecule has 0 aliphatic carbocycles. The summed E-state index contributed by atoms with van der Waals surface area (Å²) >= 11 is 0. The van der Waals surface area contributed by atoms with Gasteiger partial charge in [-0.15, -0.1) is 0 Å². The first-order valence-electron chi connectivity index (χ1n) is 6.57. The van der Waals surface area contributed by atoms with Gasteiger partial charge in [-0.3, -0.25) is 4.98 Å². The van der Waals surface area contributed by atoms with Gasteiger partial charge in [-0.05, 0) is 33.8 Å². The number of ether oxygens (including phenoxy) is 2. The number of esters is 1. The fourth-order valence-corrected chi connectivity index (χ4v) is 1.79. The molecule has 0 aliphatic rings. The van der Waals surface area contributed by atoms with Crippen LogP contribution in [0.4, 0.5) is 0 Å². The Balaban J connectivity index is 3.18. The first-order chi connectivity index (χ1) is 9.51. The quantitative estimate of drug-likeness (QED) is 0.454. The molecule has 108 valence electrons. The molecule has 0 bridgehead atoms. The third-order valence-electron chi connectivity index (χ3n) is 2.87. The highest BCUT2D eigenvalue weighted by Gasteiger charge is 2.12. The summed E-state index contributed by atoms with van der Waals surface area (Å²) in [6.07, 6.45) is 4.76. The molecule has 0 radical (unpaired) electrons. The molecule has 1 aromatic rings. The summed E-state index contributed by atoms with van der Waals surface area (Å²) in [5.41, 5.74) is 3.48. The molecule has 1 aromatic heterocycles. The van der Waals surface area contributed by atoms with Gasteiger partial charge in [-0.1, -0.05) is 12.7 Å². The second-order valence-corrected chi connectivity index (χ2v) is 4.34. The zero-order valence-corrected chi connectivity index (χ0v) is 12.5. The number of carbonyl (C=O) groups excluding carboxylic acids is 1. The SMILES string of the molecule is C=CCOc1c(C)c(C)nc(C)c1/C=C/C(=O)OCC. The predicted molar refractivity (Wildman–Crippen MR) is 79.8 cm³/mol. The molecule has 4 nitrogen and oxygen atoms in total. The van der Waals surface area contributed by atoms with Gasteiger partial charge in [0.1, 0.15) is 12.4 Å². The van der Waals surface area contributed by atoms with E-state index in [-0.39, 0.29) is 5.97 Å². The van der Waals surface area contributed by atoms with Gasteiger partial charge in [0, 0.05) is 28.6 Å². The van der Waals surface area contributed by atoms with Gasteiger partial charge in [-0.25, -0.2) is 4.79 Å². The van der Waals surface area contributed by atoms with Crippen molar-refractivity contribution < 1.29 is 14.3 Å². The molecule has 0 atom stereocenters. The normalized spacial score (nSPS) is 10.6. The Morgan fingerprint density at radius 1 is 1.30 bits per heavy atom. The summed E-state index contributed by atoms with van der Waals surface area (Å²) in [6, 6.07) is 0. The molecule has 4 heteroatoms. The van der Waals surface area contributed by atoms with Crippen molar-refractivity contribution in [1.82, 2.24) is 4.98 Å². The van der Waals surface area contributed by atoms with E-state index in [0.717, 1.165) is 28.3 Å². The molecule has 0 unspecified atom stereocenters. The molecule has 0 saturated carbocycles. The number of pyridine rings is 1. The smallest absolute Gasteiger partial charge is 0.330 e. The van der Waals surface area contributed by atoms with Crippen LogP contribution in [-0.2, 0) is 9.53 Å². The van der Waals surface area contributed by atoms with Crippen LogP contribution in [0.25, 0.3) is 6.08 Å². The van der Waals surface area contributed by atoms with Crippen molar-refractivity contribution in [2.75, 3.05) is 13.2 Å². The number of hydrogen-bond acceptors (Lipinski definition) is 4. The van der Waals surface area contributed by atoms with Crippen LogP contribution in [0.1, 0.15) is 29.4 Å². The predicted octanol–water partition coefficient (Wildman–Crippen LogP) is 3.15. The van der Waals surface area contributed by atoms with E-state index in [2.05, 4.69) is 11.6 Å². The lowest BCUT2D eigenvalue weighted by atomic mass is 10.1. The number of carbonyl (C=O) groups is 1. The fraction of sp³-hybridized carbons (Fsp3) is 0.375. The van der Waals surface area contributed by atoms with E-state index in [9.17, 15) is 4.79 Å². The van der Waals surface area contributed by atoms with Crippen molar-refractivity contribution in [2.24, 2.45) is 0 Å². The highest BCUT2D eigenvalue weighted by molar-refractivity contribution is 5.88. The molecule has 20 heavy (non-hydrogen) atoms. The van der Waals surface area contributed by atoms with Gasteiger partial charge >= 0.3 is 5.97 Å². The van der Waals surface area contributed by atoms with Crippen LogP contribution in [0.15, 0.2) is 18.7 Å². The highest BCUT2D eigenvalue weighted by atomic mass is 16.5. The standard InChI is InChI=1S/C16H21NO3/c1-6-10-20-16-11(3)12(4)17-13(5)14(16)8-9-15(18)19-7-2/h6,8-9H,1,7,10H2,2-5H3/b9-8+. The Morgan fingerprint density at radius 2 is 2.00 bits per heavy atom. The maximum absolute atomic E-state index is 11.4. The Bertz CT molecular complexity index is 533. The molecule has 0 spiro atoms. The lowest BCUT2D eigenvalue weighted by Crippen LogP contribution is -2.04. The van der Waals surface area contributed by atoms with Gasteiger partial charge in [-0.2, -0.15) is 0 Å². The third kappa shape index (κ3) is 3.95. The Labute approximate surface area is 120 Å². The fourth-order valence-electron chi connectivity index (χ4n) is 1.79. The summed E-state index contributed by atoms with van der Waals surface area (Å²) in [5, 5.41) is 0. The molecule has 0 saturated heterocycles. The molecule has 0 aliphatic heterocycles. The van der Waals surface area contributed by atoms with Crippen LogP contribution in [0.2, 0.25) is 0 Å². The van der Waals surface area contributed by atoms with Gasteiger partial charge in [0.05, 0.1) is 6.61 Å². The second kappa shape index (κ2) is 7.48. The summed E-state index contributed by atoms with van der Waals surface area (Å²) in [7, 11) is 0. The topological polar surface area (TPSA) is 48.4 Å². The summed E-state index contributed by atoms with van der Waals surface area (Å²) in [6.45, 7) is 11.9. The van der Waals surface area contributed by atoms with Crippen molar-refractivity contribution in [3.8, 4) is 5.75 Å². The van der Waals surface area contributed by atoms with E-state index in [1.165, 1.54) is 6.08 Å². The summed E-state index contributed by atoms with van der Waals surface area (Å²) in [4.78, 5) is 15.9. The minimum Gasteiger partial charge on any atom is -0.489 e. The Morgan fingerprint density at radius 3 is 2.60 bits per heavy atom. The van der Waals surface area contributed by atoms with Crippen molar-refractivity contribution in [2.45, 2.75) is 27.7 Å². The maximum atomic E-state index is 11.4. The van der Waals surface area contributed by atoms with Crippen LogP contribution in [-0.4, -0.2) is 24.2 Å². The second-order valence-electron chi connectivity index (χ2n) is 4.34. The molecule has 1 rings (SSSR count). The van der Waals surface area contributed by atoms with Crippen LogP contribution in [0.3, 0.4) is 0 Å². The molecule has 1 heterocycles. The van der Waals surface area contributed by atoms with Gasteiger partial charge in [0.15, 0.2) is 0 Å². The first-order valence-corrected chi connectivity index (χ1v) is 6.57. The van der Waals surface area contributed by atoms with E-state index in [0.29, 0.717) is 13.2 Å². The molecule has 0 N–H and O–H groups in total. The van der Waals surface area contributed by atoms with Crippen LogP contribution < -0.4 is 4.74 Å². The number of rotatable bonds is 6. The minimum atomic E-state index is -0.375. The van der Waals surface area contributed by atoms with E-state index in [1.54, 1.807) is 19.1 Å². The lowest BCUT2D eigenvalue weighted by molar-refractivity contribution is -0.137. The van der Waals surface area contributed by atoms with Crippen molar-refractivity contribution in [3.63, 3.8) is 0 Å². The van der Waals surface area contributed by atoms with E-state index >= 15 is 0 Å². The highest BCUT2D eigenvalue weighted by Crippen LogP contribution is 2.29. The lowest BCUT2D eigenvalue weighted by Gasteiger charge is -2.14. The van der Waals surface area contributed by atoms with E-state index in [1.807, 2.05) is 20.8 Å². The molecule has 0 fully saturated rings. The first kappa shape index (κ1) is 16.0. The Kier molecular flexibility index (Phi) is 5.97. The van der Waals surface area contributed by atoms with Crippen LogP contribution >= 0.6 is 0 Å². The molecular formula is C16H21NO3. The zero-order chi connectivity index (χ0) is 15.1. The number of hydrogen-bond donors (Lipinski definition) is 0. The number of aryl methyl sites for hydroxylation is 2. The van der Waals surface area contributed by atoms with Crippen LogP contribution in [0.5, 0.6) is 5.75 Å². The minimum absolute atomic E-state index is 0.354. The van der Waals surface area contributed by atoms with E-state index < -0.39 is 0 Å². The van der Waals surface area contributed by atoms with Gasteiger partial charge in [0.25, 0.3) is 0 Å². The van der Waals surface area contributed by atoms with Gasteiger partial charge in [0.2, 0.25) is 0 Å². The van der Waals surface area contributed by atoms with E-state index in [4.69, 9.17) is 9.47 Å². The molecule has 0 amide bonds. The van der Waals surface area contributed by atoms with Gasteiger partial charge < -0.3 is 9.47 Å². The zero-order valence-electron chi connectivity index (χ0n) is 12.5. The van der Waals surface area contributed by atoms with Crippen molar-refractivity contribution in [3.05, 3.63) is 41.2 Å². The number of nitrogens with zero attached hydrogens (tertiary/aromatic N) is 1. The average Bonchev–Trinajstić information content (AvgIpc) is 2.40. The van der Waals surface area contributed by atoms with Crippen molar-refractivity contribution in [1.29, 1.82) is 0 Å². The third-order valence-corrected chi connectivity index (χ3v) is 2.87. The number of aromatic nitrogens is 1. The van der Waals surface area contributed by atoms with Crippen LogP contribution in [0, 0.1) is 20.8 Å². The average molecular weight is 275 g/mol. The molecule has 0 aromatic carbocycles. The summed E-state index contributed by atoms with van der Waals surface area (Å²) < 4.78 is 10.6. The van der Waals surface area contributed by atoms with Crippen molar-refractivity contribution >= 4 is 12.0 Å². The largest absolute Gasteiger partial charge is 0.489 e. The Hall–Kier alpha value is -2.10. The monoisotopic (exact) mass is 275 g/mol. The maximum Gasteiger partial charge on any atom is 0.330 e. The summed E-state index contributed by atoms with van der Waals surface area (Å²) in [5.74, 6) is 0.357. The molecular weight excluding hydrogens is 254 g/mol.